The number of likely N-dealkylation sites (N-methyl/N-ethyl adjacent to an activating group) is 1. The molecule has 0 heterocycles. The molecule has 0 saturated heterocycles. The Morgan fingerprint density at radius 1 is 1.38 bits per heavy atom. The van der Waals surface area contributed by atoms with Gasteiger partial charge in [0, 0.05) is 25.8 Å². The van der Waals surface area contributed by atoms with Gasteiger partial charge in [-0.05, 0) is 37.8 Å². The molecule has 2 amide bonds. The van der Waals surface area contributed by atoms with Crippen LogP contribution in [0.25, 0.3) is 0 Å². The minimum Gasteiger partial charge on any atom is -0.394 e. The summed E-state index contributed by atoms with van der Waals surface area (Å²) in [6.07, 6.45) is 2.15. The van der Waals surface area contributed by atoms with Gasteiger partial charge in [0.2, 0.25) is 0 Å². The third kappa shape index (κ3) is 4.36. The number of hydrogen-bond donors (Lipinski definition) is 3. The second-order valence-corrected chi connectivity index (χ2v) is 5.99. The summed E-state index contributed by atoms with van der Waals surface area (Å²) in [5.41, 5.74) is 0.632. The molecule has 0 aliphatic heterocycles. The molecular weight excluding hydrogens is 266 g/mol. The molecule has 5 nitrogen and oxygen atoms in total. The van der Waals surface area contributed by atoms with Crippen molar-refractivity contribution in [3.05, 3.63) is 30.3 Å². The Balaban J connectivity index is 1.72. The van der Waals surface area contributed by atoms with Crippen LogP contribution in [0, 0.1) is 5.92 Å². The summed E-state index contributed by atoms with van der Waals surface area (Å²) in [7, 11) is 2.00. The van der Waals surface area contributed by atoms with Crippen LogP contribution < -0.4 is 15.5 Å². The molecule has 21 heavy (non-hydrogen) atoms. The van der Waals surface area contributed by atoms with Crippen molar-refractivity contribution in [1.29, 1.82) is 0 Å². The normalized spacial score (nSPS) is 16.9. The van der Waals surface area contributed by atoms with Gasteiger partial charge in [0.1, 0.15) is 0 Å². The van der Waals surface area contributed by atoms with E-state index >= 15 is 0 Å². The van der Waals surface area contributed by atoms with Crippen molar-refractivity contribution in [3.63, 3.8) is 0 Å². The second-order valence-electron chi connectivity index (χ2n) is 5.99. The molecule has 1 aromatic rings. The van der Waals surface area contributed by atoms with E-state index < -0.39 is 5.54 Å². The summed E-state index contributed by atoms with van der Waals surface area (Å²) in [5, 5.41) is 15.2. The Kier molecular flexibility index (Phi) is 5.07. The van der Waals surface area contributed by atoms with Crippen LogP contribution in [-0.2, 0) is 0 Å². The predicted octanol–water partition coefficient (Wildman–Crippen LogP) is 1.58. The van der Waals surface area contributed by atoms with Crippen LogP contribution in [0.15, 0.2) is 30.3 Å². The number of carbonyl (C=O) groups excluding carboxylic acids is 1. The van der Waals surface area contributed by atoms with Crippen molar-refractivity contribution in [1.82, 2.24) is 10.6 Å². The van der Waals surface area contributed by atoms with Gasteiger partial charge in [-0.1, -0.05) is 18.2 Å². The van der Waals surface area contributed by atoms with Crippen molar-refractivity contribution >= 4 is 11.7 Å². The topological polar surface area (TPSA) is 64.6 Å². The van der Waals surface area contributed by atoms with E-state index in [-0.39, 0.29) is 12.6 Å². The van der Waals surface area contributed by atoms with E-state index in [1.807, 2.05) is 44.3 Å². The molecule has 1 aliphatic rings. The maximum Gasteiger partial charge on any atom is 0.315 e. The van der Waals surface area contributed by atoms with Crippen LogP contribution in [0.5, 0.6) is 0 Å². The van der Waals surface area contributed by atoms with Gasteiger partial charge in [-0.2, -0.15) is 0 Å². The standard InChI is InChI=1S/C16H25N3O2/c1-16(12-20,13-8-9-13)18-15(21)17-10-11-19(2)14-6-4-3-5-7-14/h3-7,13,20H,8-12H2,1-2H3,(H2,17,18,21)/t16-/m1/s1. The highest BCUT2D eigenvalue weighted by molar-refractivity contribution is 5.75. The Labute approximate surface area is 126 Å². The predicted molar refractivity (Wildman–Crippen MR) is 84.5 cm³/mol. The fourth-order valence-electron chi connectivity index (χ4n) is 2.44. The number of hydrogen-bond acceptors (Lipinski definition) is 3. The van der Waals surface area contributed by atoms with Gasteiger partial charge in [-0.25, -0.2) is 4.79 Å². The Morgan fingerprint density at radius 2 is 2.05 bits per heavy atom. The number of aliphatic hydroxyl groups excluding tert-OH is 1. The van der Waals surface area contributed by atoms with Gasteiger partial charge in [-0.3, -0.25) is 0 Å². The molecule has 1 aromatic carbocycles. The van der Waals surface area contributed by atoms with Crippen LogP contribution in [0.4, 0.5) is 10.5 Å². The zero-order valence-electron chi connectivity index (χ0n) is 12.8. The molecule has 1 atom stereocenters. The molecule has 0 aromatic heterocycles. The zero-order valence-corrected chi connectivity index (χ0v) is 12.8. The van der Waals surface area contributed by atoms with Crippen molar-refractivity contribution in [2.75, 3.05) is 31.6 Å². The van der Waals surface area contributed by atoms with Gasteiger partial charge < -0.3 is 20.6 Å². The summed E-state index contributed by atoms with van der Waals surface area (Å²) < 4.78 is 0. The number of nitrogens with zero attached hydrogens (tertiary/aromatic N) is 1. The van der Waals surface area contributed by atoms with Gasteiger partial charge in [0.25, 0.3) is 0 Å². The van der Waals surface area contributed by atoms with E-state index in [1.165, 1.54) is 0 Å². The van der Waals surface area contributed by atoms with Crippen LogP contribution in [-0.4, -0.2) is 43.4 Å². The van der Waals surface area contributed by atoms with Crippen molar-refractivity contribution in [3.8, 4) is 0 Å². The molecule has 0 unspecified atom stereocenters. The molecule has 0 spiro atoms. The van der Waals surface area contributed by atoms with Gasteiger partial charge in [0.05, 0.1) is 12.1 Å². The lowest BCUT2D eigenvalue weighted by Crippen LogP contribution is -2.54. The van der Waals surface area contributed by atoms with Crippen LogP contribution in [0.2, 0.25) is 0 Å². The largest absolute Gasteiger partial charge is 0.394 e. The van der Waals surface area contributed by atoms with E-state index in [1.54, 1.807) is 0 Å². The molecule has 3 N–H and O–H groups in total. The van der Waals surface area contributed by atoms with Crippen LogP contribution in [0.1, 0.15) is 19.8 Å². The molecule has 5 heteroatoms. The number of aliphatic hydroxyl groups is 1. The van der Waals surface area contributed by atoms with E-state index in [0.29, 0.717) is 12.5 Å². The highest BCUT2D eigenvalue weighted by Crippen LogP contribution is 2.39. The number of nitrogens with one attached hydrogen (secondary N) is 2. The van der Waals surface area contributed by atoms with Crippen molar-refractivity contribution in [2.24, 2.45) is 5.92 Å². The molecule has 2 rings (SSSR count). The van der Waals surface area contributed by atoms with Crippen molar-refractivity contribution < 1.29 is 9.90 Å². The minimum atomic E-state index is -0.491. The number of urea groups is 1. The number of rotatable bonds is 7. The number of para-hydroxylation sites is 1. The van der Waals surface area contributed by atoms with Gasteiger partial charge in [0.15, 0.2) is 0 Å². The first-order chi connectivity index (χ1) is 10.0. The molecular formula is C16H25N3O2. The monoisotopic (exact) mass is 291 g/mol. The first-order valence-electron chi connectivity index (χ1n) is 7.48. The van der Waals surface area contributed by atoms with Crippen molar-refractivity contribution in [2.45, 2.75) is 25.3 Å². The van der Waals surface area contributed by atoms with Crippen LogP contribution >= 0.6 is 0 Å². The molecule has 0 radical (unpaired) electrons. The molecule has 116 valence electrons. The first-order valence-corrected chi connectivity index (χ1v) is 7.48. The smallest absolute Gasteiger partial charge is 0.315 e. The lowest BCUT2D eigenvalue weighted by molar-refractivity contribution is 0.155. The zero-order chi connectivity index (χ0) is 15.3. The van der Waals surface area contributed by atoms with E-state index in [4.69, 9.17) is 0 Å². The Hall–Kier alpha value is -1.75. The number of carbonyl (C=O) groups is 1. The van der Waals surface area contributed by atoms with Gasteiger partial charge in [-0.15, -0.1) is 0 Å². The number of amides is 2. The lowest BCUT2D eigenvalue weighted by Gasteiger charge is -2.29. The average molecular weight is 291 g/mol. The second kappa shape index (κ2) is 6.80. The number of benzene rings is 1. The summed E-state index contributed by atoms with van der Waals surface area (Å²) in [6.45, 7) is 3.18. The SMILES string of the molecule is CN(CCNC(=O)N[C@](C)(CO)C1CC1)c1ccccc1. The summed E-state index contributed by atoms with van der Waals surface area (Å²) in [4.78, 5) is 14.0. The first kappa shape index (κ1) is 15.6. The number of anilines is 1. The summed E-state index contributed by atoms with van der Waals surface area (Å²) >= 11 is 0. The molecule has 1 aliphatic carbocycles. The van der Waals surface area contributed by atoms with Gasteiger partial charge >= 0.3 is 6.03 Å². The summed E-state index contributed by atoms with van der Waals surface area (Å²) in [6, 6.07) is 9.84. The highest BCUT2D eigenvalue weighted by atomic mass is 16.3. The van der Waals surface area contributed by atoms with E-state index in [0.717, 1.165) is 25.1 Å². The Morgan fingerprint density at radius 3 is 2.62 bits per heavy atom. The van der Waals surface area contributed by atoms with Crippen LogP contribution in [0.3, 0.4) is 0 Å². The fourth-order valence-corrected chi connectivity index (χ4v) is 2.44. The van der Waals surface area contributed by atoms with E-state index in [2.05, 4.69) is 15.5 Å². The Bertz CT molecular complexity index is 462. The highest BCUT2D eigenvalue weighted by Gasteiger charge is 2.42. The average Bonchev–Trinajstić information content (AvgIpc) is 3.33. The maximum absolute atomic E-state index is 11.9. The maximum atomic E-state index is 11.9. The molecule has 0 bridgehead atoms. The van der Waals surface area contributed by atoms with E-state index in [9.17, 15) is 9.90 Å². The molecule has 1 saturated carbocycles. The third-order valence-electron chi connectivity index (χ3n) is 4.14. The minimum absolute atomic E-state index is 0.0188. The fraction of sp³-hybridized carbons (Fsp3) is 0.562. The quantitative estimate of drug-likeness (QED) is 0.715. The summed E-state index contributed by atoms with van der Waals surface area (Å²) in [5.74, 6) is 0.403. The lowest BCUT2D eigenvalue weighted by atomic mass is 9.97. The third-order valence-corrected chi connectivity index (χ3v) is 4.14. The molecule has 1 fully saturated rings.